The Kier molecular flexibility index (Phi) is 3.60. The third-order valence-electron chi connectivity index (χ3n) is 5.08. The van der Waals surface area contributed by atoms with E-state index in [0.717, 1.165) is 19.4 Å². The van der Waals surface area contributed by atoms with Crippen LogP contribution in [0.15, 0.2) is 28.8 Å². The summed E-state index contributed by atoms with van der Waals surface area (Å²) in [6.45, 7) is 3.19. The average molecular weight is 330 g/mol. The van der Waals surface area contributed by atoms with Crippen LogP contribution in [0.2, 0.25) is 0 Å². The van der Waals surface area contributed by atoms with Gasteiger partial charge >= 0.3 is 0 Å². The van der Waals surface area contributed by atoms with Gasteiger partial charge in [-0.2, -0.15) is 4.98 Å². The highest BCUT2D eigenvalue weighted by Gasteiger charge is 2.55. The summed E-state index contributed by atoms with van der Waals surface area (Å²) in [5, 5.41) is 10.1. The van der Waals surface area contributed by atoms with Crippen molar-refractivity contribution in [3.05, 3.63) is 47.4 Å². The number of amides is 1. The topological polar surface area (TPSA) is 80.0 Å². The minimum Gasteiger partial charge on any atom is -0.341 e. The Morgan fingerprint density at radius 3 is 2.92 bits per heavy atom. The van der Waals surface area contributed by atoms with Gasteiger partial charge in [0.25, 0.3) is 0 Å². The molecule has 2 heterocycles. The van der Waals surface area contributed by atoms with Gasteiger partial charge in [-0.1, -0.05) is 23.4 Å². The smallest absolute Gasteiger partial charge is 0.225 e. The number of carbonyl (C=O) groups is 1. The minimum atomic E-state index is -0.757. The normalized spacial score (nSPS) is 22.5. The highest BCUT2D eigenvalue weighted by atomic mass is 19.1. The monoisotopic (exact) mass is 330 g/mol. The molecule has 2 unspecified atom stereocenters. The number of carbonyl (C=O) groups excluding carboxylic acids is 1. The van der Waals surface area contributed by atoms with E-state index in [-0.39, 0.29) is 23.1 Å². The van der Waals surface area contributed by atoms with Crippen molar-refractivity contribution in [1.82, 2.24) is 20.8 Å². The molecule has 6 nitrogen and oxygen atoms in total. The Morgan fingerprint density at radius 1 is 1.46 bits per heavy atom. The first-order valence-electron chi connectivity index (χ1n) is 8.15. The van der Waals surface area contributed by atoms with Crippen LogP contribution in [0.4, 0.5) is 4.39 Å². The number of hydrogen-bond donors (Lipinski definition) is 2. The lowest BCUT2D eigenvalue weighted by atomic mass is 9.91. The Labute approximate surface area is 138 Å². The first-order chi connectivity index (χ1) is 11.6. The van der Waals surface area contributed by atoms with E-state index in [1.54, 1.807) is 25.1 Å². The fourth-order valence-electron chi connectivity index (χ4n) is 3.53. The first kappa shape index (κ1) is 15.3. The molecule has 4 rings (SSSR count). The van der Waals surface area contributed by atoms with Crippen molar-refractivity contribution >= 4 is 5.91 Å². The summed E-state index contributed by atoms with van der Waals surface area (Å²) in [6, 6.07) is 5.57. The third kappa shape index (κ3) is 2.58. The molecule has 1 spiro atoms. The van der Waals surface area contributed by atoms with Gasteiger partial charge in [-0.3, -0.25) is 4.79 Å². The van der Waals surface area contributed by atoms with E-state index < -0.39 is 11.9 Å². The second-order valence-electron chi connectivity index (χ2n) is 6.68. The number of rotatable bonds is 4. The van der Waals surface area contributed by atoms with Crippen LogP contribution < -0.4 is 10.6 Å². The molecule has 2 aromatic rings. The lowest BCUT2D eigenvalue weighted by Gasteiger charge is -2.21. The van der Waals surface area contributed by atoms with Crippen molar-refractivity contribution in [3.63, 3.8) is 0 Å². The summed E-state index contributed by atoms with van der Waals surface area (Å²) in [6.07, 6.45) is 2.12. The van der Waals surface area contributed by atoms with Crippen LogP contribution in [0.5, 0.6) is 0 Å². The molecule has 1 aliphatic carbocycles. The Bertz CT molecular complexity index is 771. The molecule has 7 heteroatoms. The highest BCUT2D eigenvalue weighted by Crippen LogP contribution is 2.54. The van der Waals surface area contributed by atoms with E-state index in [1.807, 2.05) is 0 Å². The fraction of sp³-hybridized carbons (Fsp3) is 0.471. The van der Waals surface area contributed by atoms with Gasteiger partial charge in [0.15, 0.2) is 5.82 Å². The van der Waals surface area contributed by atoms with E-state index in [4.69, 9.17) is 4.52 Å². The standard InChI is InChI=1S/C17H19FN4O2/c1-10-20-15(22-24-10)14(11-4-2-3-5-13(11)18)21-16(23)12-8-19-9-17(12)6-7-17/h2-5,12,14,19H,6-9H2,1H3,(H,21,23). The SMILES string of the molecule is Cc1nc(C(NC(=O)C2CNCC23CC3)c2ccccc2F)no1. The molecule has 24 heavy (non-hydrogen) atoms. The number of aryl methyl sites for hydroxylation is 1. The van der Waals surface area contributed by atoms with Crippen LogP contribution >= 0.6 is 0 Å². The minimum absolute atomic E-state index is 0.0804. The molecule has 1 aromatic heterocycles. The predicted molar refractivity (Wildman–Crippen MR) is 83.4 cm³/mol. The molecular weight excluding hydrogens is 311 g/mol. The molecule has 1 aromatic carbocycles. The number of nitrogens with one attached hydrogen (secondary N) is 2. The molecule has 2 fully saturated rings. The molecule has 1 aliphatic heterocycles. The van der Waals surface area contributed by atoms with E-state index >= 15 is 0 Å². The maximum Gasteiger partial charge on any atom is 0.225 e. The largest absolute Gasteiger partial charge is 0.341 e. The van der Waals surface area contributed by atoms with Gasteiger partial charge < -0.3 is 15.2 Å². The van der Waals surface area contributed by atoms with Gasteiger partial charge in [0.1, 0.15) is 11.9 Å². The number of nitrogens with zero attached hydrogens (tertiary/aromatic N) is 2. The maximum absolute atomic E-state index is 14.3. The van der Waals surface area contributed by atoms with Gasteiger partial charge in [0.05, 0.1) is 5.92 Å². The molecule has 1 saturated carbocycles. The first-order valence-corrected chi connectivity index (χ1v) is 8.15. The fourth-order valence-corrected chi connectivity index (χ4v) is 3.53. The van der Waals surface area contributed by atoms with Crippen molar-refractivity contribution in [2.24, 2.45) is 11.3 Å². The predicted octanol–water partition coefficient (Wildman–Crippen LogP) is 1.72. The maximum atomic E-state index is 14.3. The van der Waals surface area contributed by atoms with Gasteiger partial charge in [-0.25, -0.2) is 4.39 Å². The number of halogens is 1. The number of hydrogen-bond acceptors (Lipinski definition) is 5. The summed E-state index contributed by atoms with van der Waals surface area (Å²) < 4.78 is 19.3. The summed E-state index contributed by atoms with van der Waals surface area (Å²) in [5.74, 6) is 0.0486. The summed E-state index contributed by atoms with van der Waals surface area (Å²) >= 11 is 0. The van der Waals surface area contributed by atoms with Gasteiger partial charge in [-0.15, -0.1) is 0 Å². The van der Waals surface area contributed by atoms with Crippen molar-refractivity contribution in [1.29, 1.82) is 0 Å². The molecule has 0 bridgehead atoms. The quantitative estimate of drug-likeness (QED) is 0.892. The molecule has 2 aliphatic rings. The summed E-state index contributed by atoms with van der Waals surface area (Å²) in [7, 11) is 0. The molecule has 1 amide bonds. The lowest BCUT2D eigenvalue weighted by molar-refractivity contribution is -0.126. The molecule has 1 saturated heterocycles. The van der Waals surface area contributed by atoms with Crippen LogP contribution in [0.3, 0.4) is 0 Å². The van der Waals surface area contributed by atoms with Gasteiger partial charge in [0, 0.05) is 25.6 Å². The lowest BCUT2D eigenvalue weighted by Crippen LogP contribution is -2.39. The zero-order chi connectivity index (χ0) is 16.7. The van der Waals surface area contributed by atoms with Crippen molar-refractivity contribution in [2.75, 3.05) is 13.1 Å². The van der Waals surface area contributed by atoms with E-state index in [2.05, 4.69) is 20.8 Å². The van der Waals surface area contributed by atoms with Crippen molar-refractivity contribution < 1.29 is 13.7 Å². The Morgan fingerprint density at radius 2 is 2.25 bits per heavy atom. The van der Waals surface area contributed by atoms with Crippen molar-refractivity contribution in [3.8, 4) is 0 Å². The average Bonchev–Trinajstić information content (AvgIpc) is 3.00. The van der Waals surface area contributed by atoms with Gasteiger partial charge in [-0.05, 0) is 24.3 Å². The molecular formula is C17H19FN4O2. The van der Waals surface area contributed by atoms with Crippen LogP contribution in [-0.4, -0.2) is 29.1 Å². The highest BCUT2D eigenvalue weighted by molar-refractivity contribution is 5.81. The van der Waals surface area contributed by atoms with Crippen molar-refractivity contribution in [2.45, 2.75) is 25.8 Å². The third-order valence-corrected chi connectivity index (χ3v) is 5.08. The molecule has 0 radical (unpaired) electrons. The number of aromatic nitrogens is 2. The van der Waals surface area contributed by atoms with E-state index in [1.165, 1.54) is 6.07 Å². The van der Waals surface area contributed by atoms with Crippen LogP contribution in [-0.2, 0) is 4.79 Å². The van der Waals surface area contributed by atoms with E-state index in [0.29, 0.717) is 18.0 Å². The van der Waals surface area contributed by atoms with E-state index in [9.17, 15) is 9.18 Å². The Hall–Kier alpha value is -2.28. The zero-order valence-electron chi connectivity index (χ0n) is 13.4. The number of benzene rings is 1. The second kappa shape index (κ2) is 5.66. The zero-order valence-corrected chi connectivity index (χ0v) is 13.4. The Balaban J connectivity index is 1.63. The van der Waals surface area contributed by atoms with Crippen LogP contribution in [0.25, 0.3) is 0 Å². The van der Waals surface area contributed by atoms with Crippen LogP contribution in [0, 0.1) is 24.1 Å². The van der Waals surface area contributed by atoms with Gasteiger partial charge in [0.2, 0.25) is 11.8 Å². The summed E-state index contributed by atoms with van der Waals surface area (Å²) in [4.78, 5) is 17.0. The van der Waals surface area contributed by atoms with Crippen LogP contribution in [0.1, 0.15) is 36.2 Å². The second-order valence-corrected chi connectivity index (χ2v) is 6.68. The molecule has 2 N–H and O–H groups in total. The molecule has 126 valence electrons. The molecule has 2 atom stereocenters. The summed E-state index contributed by atoms with van der Waals surface area (Å²) in [5.41, 5.74) is 0.416.